The maximum atomic E-state index is 12.9. The quantitative estimate of drug-likeness (QED) is 0.865. The van der Waals surface area contributed by atoms with Crippen LogP contribution in [0.25, 0.3) is 10.8 Å². The smallest absolute Gasteiger partial charge is 0.274 e. The number of carbonyl (C=O) groups is 1. The number of rotatable bonds is 5. The van der Waals surface area contributed by atoms with E-state index in [1.807, 2.05) is 24.3 Å². The first kappa shape index (κ1) is 18.2. The van der Waals surface area contributed by atoms with Crippen LogP contribution in [-0.2, 0) is 11.3 Å². The lowest BCUT2D eigenvalue weighted by molar-refractivity contribution is -0.122. The molecule has 2 aliphatic rings. The third kappa shape index (κ3) is 4.07. The summed E-state index contributed by atoms with van der Waals surface area (Å²) in [5, 5.41) is 9.31. The van der Waals surface area contributed by atoms with Gasteiger partial charge in [-0.25, -0.2) is 4.68 Å². The molecule has 0 saturated heterocycles. The Morgan fingerprint density at radius 2 is 1.67 bits per heavy atom. The van der Waals surface area contributed by atoms with Crippen molar-refractivity contribution in [2.75, 3.05) is 0 Å². The predicted molar refractivity (Wildman–Crippen MR) is 107 cm³/mol. The average molecular weight is 367 g/mol. The van der Waals surface area contributed by atoms with E-state index in [0.717, 1.165) is 36.8 Å². The Kier molecular flexibility index (Phi) is 5.55. The molecule has 0 unspecified atom stereocenters. The SMILES string of the molecule is O=C(CC1CCCCC1)NCc1nn(C2CCCC2)c(=O)c2ccccc12. The average Bonchev–Trinajstić information content (AvgIpc) is 3.23. The van der Waals surface area contributed by atoms with Gasteiger partial charge in [0.1, 0.15) is 0 Å². The highest BCUT2D eigenvalue weighted by molar-refractivity contribution is 5.84. The summed E-state index contributed by atoms with van der Waals surface area (Å²) in [4.78, 5) is 25.3. The Hall–Kier alpha value is -2.17. The fourth-order valence-corrected chi connectivity index (χ4v) is 4.71. The Morgan fingerprint density at radius 3 is 2.41 bits per heavy atom. The number of nitrogens with one attached hydrogen (secondary N) is 1. The van der Waals surface area contributed by atoms with Gasteiger partial charge in [0.25, 0.3) is 5.56 Å². The fourth-order valence-electron chi connectivity index (χ4n) is 4.71. The van der Waals surface area contributed by atoms with Crippen LogP contribution >= 0.6 is 0 Å². The van der Waals surface area contributed by atoms with Crippen LogP contribution in [0.15, 0.2) is 29.1 Å². The van der Waals surface area contributed by atoms with E-state index in [2.05, 4.69) is 5.32 Å². The van der Waals surface area contributed by atoms with Gasteiger partial charge < -0.3 is 5.32 Å². The summed E-state index contributed by atoms with van der Waals surface area (Å²) in [6, 6.07) is 7.83. The van der Waals surface area contributed by atoms with Gasteiger partial charge in [-0.1, -0.05) is 50.3 Å². The van der Waals surface area contributed by atoms with Crippen LogP contribution in [0.4, 0.5) is 0 Å². The van der Waals surface area contributed by atoms with Crippen LogP contribution in [0.3, 0.4) is 0 Å². The molecule has 5 heteroatoms. The van der Waals surface area contributed by atoms with E-state index < -0.39 is 0 Å². The van der Waals surface area contributed by atoms with Crippen LogP contribution in [0.5, 0.6) is 0 Å². The number of fused-ring (bicyclic) bond motifs is 1. The van der Waals surface area contributed by atoms with E-state index >= 15 is 0 Å². The minimum Gasteiger partial charge on any atom is -0.350 e. The maximum absolute atomic E-state index is 12.9. The van der Waals surface area contributed by atoms with E-state index in [9.17, 15) is 9.59 Å². The maximum Gasteiger partial charge on any atom is 0.274 e. The highest BCUT2D eigenvalue weighted by atomic mass is 16.1. The van der Waals surface area contributed by atoms with Crippen LogP contribution in [0.2, 0.25) is 0 Å². The molecular weight excluding hydrogens is 338 g/mol. The predicted octanol–water partition coefficient (Wildman–Crippen LogP) is 4.10. The summed E-state index contributed by atoms with van der Waals surface area (Å²) in [5.74, 6) is 0.627. The van der Waals surface area contributed by atoms with Gasteiger partial charge in [-0.3, -0.25) is 9.59 Å². The van der Waals surface area contributed by atoms with Crippen LogP contribution in [0.1, 0.15) is 75.9 Å². The monoisotopic (exact) mass is 367 g/mol. The van der Waals surface area contributed by atoms with Crippen LogP contribution in [-0.4, -0.2) is 15.7 Å². The summed E-state index contributed by atoms with van der Waals surface area (Å²) in [6.45, 7) is 0.388. The summed E-state index contributed by atoms with van der Waals surface area (Å²) in [6.07, 6.45) is 11.1. The Morgan fingerprint density at radius 1 is 1.00 bits per heavy atom. The van der Waals surface area contributed by atoms with Gasteiger partial charge in [-0.05, 0) is 37.7 Å². The molecule has 2 aliphatic carbocycles. The van der Waals surface area contributed by atoms with Crippen molar-refractivity contribution in [2.24, 2.45) is 5.92 Å². The molecule has 4 rings (SSSR count). The topological polar surface area (TPSA) is 64.0 Å². The summed E-state index contributed by atoms with van der Waals surface area (Å²) in [5.41, 5.74) is 0.795. The second kappa shape index (κ2) is 8.24. The fraction of sp³-hybridized carbons (Fsp3) is 0.591. The molecule has 1 heterocycles. The van der Waals surface area contributed by atoms with Crippen molar-refractivity contribution in [1.29, 1.82) is 0 Å². The molecule has 144 valence electrons. The Balaban J connectivity index is 1.54. The van der Waals surface area contributed by atoms with Crippen molar-refractivity contribution >= 4 is 16.7 Å². The normalized spacial score (nSPS) is 18.8. The van der Waals surface area contributed by atoms with E-state index in [1.165, 1.54) is 32.1 Å². The van der Waals surface area contributed by atoms with Gasteiger partial charge in [-0.15, -0.1) is 0 Å². The molecule has 2 aromatic rings. The van der Waals surface area contributed by atoms with Crippen molar-refractivity contribution < 1.29 is 4.79 Å². The Labute approximate surface area is 160 Å². The third-order valence-electron chi connectivity index (χ3n) is 6.23. The number of amides is 1. The molecule has 5 nitrogen and oxygen atoms in total. The third-order valence-corrected chi connectivity index (χ3v) is 6.23. The minimum absolute atomic E-state index is 0.00483. The zero-order valence-electron chi connectivity index (χ0n) is 16.0. The van der Waals surface area contributed by atoms with E-state index in [0.29, 0.717) is 24.3 Å². The lowest BCUT2D eigenvalue weighted by Crippen LogP contribution is -2.31. The molecule has 1 aromatic heterocycles. The molecule has 0 radical (unpaired) electrons. The second-order valence-corrected chi connectivity index (χ2v) is 8.17. The molecule has 2 fully saturated rings. The molecule has 1 N–H and O–H groups in total. The van der Waals surface area contributed by atoms with Crippen molar-refractivity contribution in [3.8, 4) is 0 Å². The van der Waals surface area contributed by atoms with E-state index in [-0.39, 0.29) is 17.5 Å². The number of aromatic nitrogens is 2. The number of benzene rings is 1. The molecule has 1 amide bonds. The van der Waals surface area contributed by atoms with E-state index in [4.69, 9.17) is 5.10 Å². The molecule has 1 aromatic carbocycles. The zero-order chi connectivity index (χ0) is 18.6. The Bertz CT molecular complexity index is 861. The molecule has 0 aliphatic heterocycles. The number of nitrogens with zero attached hydrogens (tertiary/aromatic N) is 2. The zero-order valence-corrected chi connectivity index (χ0v) is 16.0. The molecule has 0 atom stereocenters. The van der Waals surface area contributed by atoms with E-state index in [1.54, 1.807) is 4.68 Å². The van der Waals surface area contributed by atoms with Crippen molar-refractivity contribution in [2.45, 2.75) is 76.8 Å². The second-order valence-electron chi connectivity index (χ2n) is 8.17. The van der Waals surface area contributed by atoms with Crippen LogP contribution < -0.4 is 10.9 Å². The van der Waals surface area contributed by atoms with Crippen molar-refractivity contribution in [3.05, 3.63) is 40.3 Å². The van der Waals surface area contributed by atoms with Gasteiger partial charge in [0, 0.05) is 11.8 Å². The minimum atomic E-state index is -0.00483. The first-order valence-corrected chi connectivity index (χ1v) is 10.5. The lowest BCUT2D eigenvalue weighted by Gasteiger charge is -2.21. The van der Waals surface area contributed by atoms with Gasteiger partial charge >= 0.3 is 0 Å². The van der Waals surface area contributed by atoms with Gasteiger partial charge in [0.05, 0.1) is 23.7 Å². The largest absolute Gasteiger partial charge is 0.350 e. The van der Waals surface area contributed by atoms with Crippen LogP contribution in [0, 0.1) is 5.92 Å². The molecule has 2 saturated carbocycles. The molecule has 0 bridgehead atoms. The number of hydrogen-bond acceptors (Lipinski definition) is 3. The number of hydrogen-bond donors (Lipinski definition) is 1. The first-order valence-electron chi connectivity index (χ1n) is 10.5. The van der Waals surface area contributed by atoms with Gasteiger partial charge in [-0.2, -0.15) is 5.10 Å². The molecule has 27 heavy (non-hydrogen) atoms. The number of carbonyl (C=O) groups excluding carboxylic acids is 1. The molecule has 0 spiro atoms. The van der Waals surface area contributed by atoms with Crippen molar-refractivity contribution in [3.63, 3.8) is 0 Å². The molecular formula is C22H29N3O2. The lowest BCUT2D eigenvalue weighted by atomic mass is 9.87. The summed E-state index contributed by atoms with van der Waals surface area (Å²) in [7, 11) is 0. The van der Waals surface area contributed by atoms with Crippen molar-refractivity contribution in [1.82, 2.24) is 15.1 Å². The first-order chi connectivity index (χ1) is 13.2. The van der Waals surface area contributed by atoms with Gasteiger partial charge in [0.15, 0.2) is 0 Å². The highest BCUT2D eigenvalue weighted by Crippen LogP contribution is 2.29. The standard InChI is InChI=1S/C22H29N3O2/c26-21(14-16-8-2-1-3-9-16)23-15-20-18-12-6-7-13-19(18)22(27)25(24-20)17-10-4-5-11-17/h6-7,12-13,16-17H,1-5,8-11,14-15H2,(H,23,26). The summed E-state index contributed by atoms with van der Waals surface area (Å²) < 4.78 is 1.68. The summed E-state index contributed by atoms with van der Waals surface area (Å²) >= 11 is 0. The van der Waals surface area contributed by atoms with Gasteiger partial charge in [0.2, 0.25) is 5.91 Å². The highest BCUT2D eigenvalue weighted by Gasteiger charge is 2.22.